The number of hydrogen-bond donors (Lipinski definition) is 8. The second-order valence-electron chi connectivity index (χ2n) is 16.2. The molecule has 4 aromatic carbocycles. The Morgan fingerprint density at radius 2 is 1.56 bits per heavy atom. The molecule has 1 spiro atoms. The van der Waals surface area contributed by atoms with Crippen molar-refractivity contribution in [2.45, 2.75) is 56.6 Å². The average Bonchev–Trinajstić information content (AvgIpc) is 3.86. The Balaban J connectivity index is 0.943. The predicted molar refractivity (Wildman–Crippen MR) is 213 cm³/mol. The first kappa shape index (κ1) is 35.2. The van der Waals surface area contributed by atoms with Gasteiger partial charge in [-0.2, -0.15) is 0 Å². The minimum Gasteiger partial charge on any atom is -0.507 e. The molecule has 0 amide bonds. The molecule has 0 radical (unpaired) electrons. The van der Waals surface area contributed by atoms with Crippen LogP contribution in [0.4, 0.5) is 0 Å². The van der Waals surface area contributed by atoms with Crippen LogP contribution in [0.3, 0.4) is 0 Å². The Hall–Kier alpha value is -5.51. The molecule has 0 saturated heterocycles. The Bertz CT molecular complexity index is 2320. The van der Waals surface area contributed by atoms with Crippen LogP contribution in [0, 0.1) is 29.1 Å². The predicted octanol–water partition coefficient (Wildman–Crippen LogP) is 7.61. The van der Waals surface area contributed by atoms with Crippen LogP contribution in [0.2, 0.25) is 0 Å². The van der Waals surface area contributed by atoms with Crippen LogP contribution in [-0.2, 0) is 24.8 Å². The second-order valence-corrected chi connectivity index (χ2v) is 16.2. The highest BCUT2D eigenvalue weighted by atomic mass is 16.3. The summed E-state index contributed by atoms with van der Waals surface area (Å²) in [6.07, 6.45) is 21.5. The molecule has 1 heterocycles. The molecular formula is C46H47N3O6. The maximum absolute atomic E-state index is 11.8. The SMILES string of the molecule is Oc1ccc(/C=C/c2c(CCc3ccc(CNC[C@@]4(c5cnc[nH]5)C[C@@H]5C=C[C@H]6CC[C@H]7C=C[C@H](O)[C@@H]4[C@@]76C5)cc3)c(O)c(O)c3c(O)cccc23)cc1O. The summed E-state index contributed by atoms with van der Waals surface area (Å²) in [6, 6.07) is 17.9. The number of allylic oxidation sites excluding steroid dienone is 3. The number of phenols is 5. The van der Waals surface area contributed by atoms with Gasteiger partial charge in [0.15, 0.2) is 23.0 Å². The van der Waals surface area contributed by atoms with E-state index < -0.39 is 6.10 Å². The Labute approximate surface area is 320 Å². The quantitative estimate of drug-likeness (QED) is 0.0413. The fraction of sp³-hybridized carbons (Fsp3) is 0.326. The van der Waals surface area contributed by atoms with Crippen LogP contribution in [0.5, 0.6) is 28.7 Å². The van der Waals surface area contributed by atoms with E-state index in [-0.39, 0.29) is 50.9 Å². The zero-order valence-electron chi connectivity index (χ0n) is 30.6. The molecule has 0 unspecified atom stereocenters. The van der Waals surface area contributed by atoms with Crippen LogP contribution in [0.1, 0.15) is 59.2 Å². The van der Waals surface area contributed by atoms with Crippen molar-refractivity contribution >= 4 is 22.9 Å². The van der Waals surface area contributed by atoms with Crippen molar-refractivity contribution in [2.75, 3.05) is 6.54 Å². The first-order chi connectivity index (χ1) is 26.7. The van der Waals surface area contributed by atoms with Gasteiger partial charge >= 0.3 is 0 Å². The third kappa shape index (κ3) is 5.79. The zero-order chi connectivity index (χ0) is 37.9. The first-order valence-corrected chi connectivity index (χ1v) is 19.4. The molecule has 9 heteroatoms. The lowest BCUT2D eigenvalue weighted by Gasteiger charge is -2.63. The second kappa shape index (κ2) is 13.7. The lowest BCUT2D eigenvalue weighted by atomic mass is 9.42. The van der Waals surface area contributed by atoms with E-state index in [4.69, 9.17) is 0 Å². The Morgan fingerprint density at radius 3 is 2.33 bits per heavy atom. The fourth-order valence-corrected chi connectivity index (χ4v) is 11.1. The lowest BCUT2D eigenvalue weighted by molar-refractivity contribution is -0.105. The van der Waals surface area contributed by atoms with Gasteiger partial charge in [0.25, 0.3) is 0 Å². The molecule has 4 aliphatic rings. The number of fused-ring (bicyclic) bond motifs is 2. The van der Waals surface area contributed by atoms with E-state index in [2.05, 4.69) is 63.9 Å². The van der Waals surface area contributed by atoms with E-state index in [9.17, 15) is 30.6 Å². The number of aryl methyl sites for hydroxylation is 1. The van der Waals surface area contributed by atoms with Crippen molar-refractivity contribution < 1.29 is 30.6 Å². The summed E-state index contributed by atoms with van der Waals surface area (Å²) in [4.78, 5) is 7.95. The molecule has 2 bridgehead atoms. The third-order valence-electron chi connectivity index (χ3n) is 13.4. The van der Waals surface area contributed by atoms with Crippen molar-refractivity contribution in [3.63, 3.8) is 0 Å². The lowest BCUT2D eigenvalue weighted by Crippen LogP contribution is -2.64. The van der Waals surface area contributed by atoms with Crippen LogP contribution in [0.15, 0.2) is 97.5 Å². The van der Waals surface area contributed by atoms with Gasteiger partial charge in [-0.15, -0.1) is 0 Å². The zero-order valence-corrected chi connectivity index (χ0v) is 30.6. The third-order valence-corrected chi connectivity index (χ3v) is 13.4. The summed E-state index contributed by atoms with van der Waals surface area (Å²) in [6.45, 7) is 1.39. The van der Waals surface area contributed by atoms with Crippen LogP contribution in [-0.4, -0.2) is 53.3 Å². The molecule has 5 aromatic rings. The molecule has 1 aromatic heterocycles. The number of rotatable bonds is 10. The molecule has 55 heavy (non-hydrogen) atoms. The molecule has 282 valence electrons. The Kier molecular flexibility index (Phi) is 8.74. The number of aliphatic hydroxyl groups excluding tert-OH is 1. The van der Waals surface area contributed by atoms with Crippen molar-refractivity contribution in [1.82, 2.24) is 15.3 Å². The van der Waals surface area contributed by atoms with Crippen LogP contribution in [0.25, 0.3) is 22.9 Å². The number of nitrogens with zero attached hydrogens (tertiary/aromatic N) is 1. The summed E-state index contributed by atoms with van der Waals surface area (Å²) in [5.41, 5.74) is 4.86. The molecule has 2 saturated carbocycles. The maximum Gasteiger partial charge on any atom is 0.169 e. The van der Waals surface area contributed by atoms with Gasteiger partial charge < -0.3 is 40.9 Å². The van der Waals surface area contributed by atoms with E-state index in [0.717, 1.165) is 36.2 Å². The molecule has 9 rings (SSSR count). The van der Waals surface area contributed by atoms with Gasteiger partial charge in [-0.3, -0.25) is 0 Å². The summed E-state index contributed by atoms with van der Waals surface area (Å²) in [5.74, 6) is 0.253. The summed E-state index contributed by atoms with van der Waals surface area (Å²) >= 11 is 0. The highest BCUT2D eigenvalue weighted by molar-refractivity contribution is 6.03. The number of aromatic hydroxyl groups is 5. The fourth-order valence-electron chi connectivity index (χ4n) is 11.1. The number of nitrogens with one attached hydrogen (secondary N) is 2. The van der Waals surface area contributed by atoms with Crippen LogP contribution < -0.4 is 5.32 Å². The number of imidazole rings is 1. The van der Waals surface area contributed by atoms with Gasteiger partial charge in [0, 0.05) is 41.9 Å². The molecule has 8 N–H and O–H groups in total. The van der Waals surface area contributed by atoms with Crippen molar-refractivity contribution in [3.8, 4) is 28.7 Å². The molecule has 2 fully saturated rings. The molecular weight excluding hydrogens is 691 g/mol. The number of H-pyrrole nitrogens is 1. The smallest absolute Gasteiger partial charge is 0.169 e. The van der Waals surface area contributed by atoms with Gasteiger partial charge in [-0.05, 0) is 108 Å². The van der Waals surface area contributed by atoms with Crippen molar-refractivity contribution in [2.24, 2.45) is 29.1 Å². The number of aromatic amines is 1. The number of hydrogen-bond acceptors (Lipinski definition) is 8. The van der Waals surface area contributed by atoms with E-state index >= 15 is 0 Å². The number of aromatic nitrogens is 2. The maximum atomic E-state index is 11.8. The largest absolute Gasteiger partial charge is 0.507 e. The number of benzene rings is 4. The van der Waals surface area contributed by atoms with Gasteiger partial charge in [0.2, 0.25) is 0 Å². The molecule has 9 nitrogen and oxygen atoms in total. The monoisotopic (exact) mass is 737 g/mol. The topological polar surface area (TPSA) is 162 Å². The molecule has 4 aliphatic carbocycles. The van der Waals surface area contributed by atoms with Gasteiger partial charge in [0.05, 0.1) is 17.8 Å². The van der Waals surface area contributed by atoms with Gasteiger partial charge in [-0.1, -0.05) is 78.9 Å². The summed E-state index contributed by atoms with van der Waals surface area (Å²) < 4.78 is 0. The number of phenolic OH excluding ortho intramolecular Hbond substituents is 5. The normalized spacial score (nSPS) is 27.9. The van der Waals surface area contributed by atoms with E-state index in [1.807, 2.05) is 6.20 Å². The van der Waals surface area contributed by atoms with Crippen LogP contribution >= 0.6 is 0 Å². The average molecular weight is 738 g/mol. The molecule has 7 atom stereocenters. The molecule has 0 aliphatic heterocycles. The number of aliphatic hydroxyl groups is 1. The van der Waals surface area contributed by atoms with Crippen molar-refractivity contribution in [1.29, 1.82) is 0 Å². The van der Waals surface area contributed by atoms with E-state index in [1.54, 1.807) is 36.7 Å². The highest BCUT2D eigenvalue weighted by Gasteiger charge is 2.67. The van der Waals surface area contributed by atoms with Gasteiger partial charge in [0.1, 0.15) is 5.75 Å². The standard InChI is InChI=1S/C46H47N3O6/c50-36-18-11-28(20-39(36)53)10-16-33-34-2-1-3-37(51)41(34)43(55)42(54)35(33)17-9-27-4-6-29(7-5-27)23-47-25-45(40-24-48-26-49-40)21-30-8-12-31-13-14-32-15-19-38(52)44(45)46(31,32)22-30/h1-8,10-12,15-16,18-20,24,26,30-32,38,44,47,50-55H,9,13-14,17,21-23,25H2,(H,48,49)/b16-10+/t30-,31-,32-,38-,44-,45+,46+/m0/s1. The van der Waals surface area contributed by atoms with Crippen molar-refractivity contribution in [3.05, 3.63) is 131 Å². The minimum absolute atomic E-state index is 0.0566. The highest BCUT2D eigenvalue weighted by Crippen LogP contribution is 2.69. The first-order valence-electron chi connectivity index (χ1n) is 19.4. The summed E-state index contributed by atoms with van der Waals surface area (Å²) in [5, 5.41) is 69.0. The Morgan fingerprint density at radius 1 is 0.782 bits per heavy atom. The van der Waals surface area contributed by atoms with E-state index in [1.165, 1.54) is 31.0 Å². The van der Waals surface area contributed by atoms with E-state index in [0.29, 0.717) is 59.2 Å². The minimum atomic E-state index is -0.513. The summed E-state index contributed by atoms with van der Waals surface area (Å²) in [7, 11) is 0. The van der Waals surface area contributed by atoms with Gasteiger partial charge in [-0.25, -0.2) is 4.98 Å².